The van der Waals surface area contributed by atoms with Crippen LogP contribution < -0.4 is 5.32 Å². The summed E-state index contributed by atoms with van der Waals surface area (Å²) < 4.78 is 28.1. The van der Waals surface area contributed by atoms with Crippen LogP contribution in [0.4, 0.5) is 0 Å². The number of rotatable bonds is 10. The molecular weight excluding hydrogens is 426 g/mol. The van der Waals surface area contributed by atoms with Gasteiger partial charge in [-0.15, -0.1) is 0 Å². The van der Waals surface area contributed by atoms with Crippen molar-refractivity contribution in [3.05, 3.63) is 24.0 Å². The number of aromatic nitrogens is 2. The van der Waals surface area contributed by atoms with Gasteiger partial charge in [-0.25, -0.2) is 17.7 Å². The third-order valence-corrected chi connectivity index (χ3v) is 8.17. The van der Waals surface area contributed by atoms with Gasteiger partial charge in [-0.3, -0.25) is 4.79 Å². The smallest absolute Gasteiger partial charge is 0.242 e. The number of fused-ring (bicyclic) bond motifs is 1. The molecule has 1 unspecified atom stereocenters. The van der Waals surface area contributed by atoms with Gasteiger partial charge in [0.2, 0.25) is 15.9 Å². The van der Waals surface area contributed by atoms with Crippen molar-refractivity contribution in [3.8, 4) is 0 Å². The number of carbonyl (C=O) groups is 1. The van der Waals surface area contributed by atoms with Gasteiger partial charge >= 0.3 is 0 Å². The Kier molecular flexibility index (Phi) is 8.30. The van der Waals surface area contributed by atoms with E-state index in [0.29, 0.717) is 37.5 Å². The van der Waals surface area contributed by atoms with Crippen LogP contribution in [0.25, 0.3) is 11.0 Å². The Morgan fingerprint density at radius 1 is 1.28 bits per heavy atom. The van der Waals surface area contributed by atoms with Crippen LogP contribution in [0.1, 0.15) is 51.8 Å². The van der Waals surface area contributed by atoms with Crippen molar-refractivity contribution < 1.29 is 13.2 Å². The highest BCUT2D eigenvalue weighted by molar-refractivity contribution is 7.89. The number of hydrogen-bond donors (Lipinski definition) is 1. The van der Waals surface area contributed by atoms with Crippen molar-refractivity contribution >= 4 is 27.0 Å². The molecule has 1 aromatic carbocycles. The molecule has 0 aliphatic carbocycles. The van der Waals surface area contributed by atoms with Crippen molar-refractivity contribution in [2.75, 3.05) is 33.7 Å². The first-order valence-corrected chi connectivity index (χ1v) is 13.1. The number of amides is 1. The maximum atomic E-state index is 12.4. The number of sulfonamides is 1. The summed E-state index contributed by atoms with van der Waals surface area (Å²) >= 11 is 0. The fourth-order valence-corrected chi connectivity index (χ4v) is 5.31. The number of carbonyl (C=O) groups excluding carboxylic acids is 1. The maximum absolute atomic E-state index is 12.4. The van der Waals surface area contributed by atoms with Gasteiger partial charge in [-0.05, 0) is 57.9 Å². The van der Waals surface area contributed by atoms with E-state index < -0.39 is 10.0 Å². The predicted molar refractivity (Wildman–Crippen MR) is 127 cm³/mol. The van der Waals surface area contributed by atoms with Crippen molar-refractivity contribution in [2.45, 2.75) is 69.9 Å². The van der Waals surface area contributed by atoms with Crippen LogP contribution in [0.3, 0.4) is 0 Å². The molecule has 1 aliphatic heterocycles. The van der Waals surface area contributed by atoms with Gasteiger partial charge in [0, 0.05) is 52.6 Å². The molecule has 1 amide bonds. The summed E-state index contributed by atoms with van der Waals surface area (Å²) in [6.45, 7) is 7.91. The molecule has 0 bridgehead atoms. The first-order valence-electron chi connectivity index (χ1n) is 11.7. The number of aryl methyl sites for hydroxylation is 2. The van der Waals surface area contributed by atoms with Gasteiger partial charge in [0.15, 0.2) is 0 Å². The predicted octanol–water partition coefficient (Wildman–Crippen LogP) is 2.62. The van der Waals surface area contributed by atoms with Gasteiger partial charge in [0.1, 0.15) is 5.82 Å². The molecule has 0 saturated carbocycles. The Labute approximate surface area is 192 Å². The van der Waals surface area contributed by atoms with Crippen molar-refractivity contribution in [1.29, 1.82) is 0 Å². The van der Waals surface area contributed by atoms with Crippen LogP contribution in [-0.4, -0.2) is 72.9 Å². The topological polar surface area (TPSA) is 87.5 Å². The van der Waals surface area contributed by atoms with Crippen molar-refractivity contribution in [3.63, 3.8) is 0 Å². The van der Waals surface area contributed by atoms with E-state index in [9.17, 15) is 13.2 Å². The second-order valence-corrected chi connectivity index (χ2v) is 10.9. The summed E-state index contributed by atoms with van der Waals surface area (Å²) in [7, 11) is -0.482. The second-order valence-electron chi connectivity index (χ2n) is 8.79. The Balaban J connectivity index is 1.56. The fraction of sp³-hybridized carbons (Fsp3) is 0.652. The van der Waals surface area contributed by atoms with E-state index in [1.54, 1.807) is 18.2 Å². The third kappa shape index (κ3) is 5.68. The van der Waals surface area contributed by atoms with Gasteiger partial charge < -0.3 is 14.8 Å². The zero-order valence-corrected chi connectivity index (χ0v) is 20.6. The SMILES string of the molecule is CCn1c(CCC(=O)NCCCN2CCCCC2C)nc2cc(S(=O)(=O)N(C)C)ccc21. The number of piperidine rings is 1. The van der Waals surface area contributed by atoms with Gasteiger partial charge in [-0.2, -0.15) is 0 Å². The largest absolute Gasteiger partial charge is 0.356 e. The molecule has 1 N–H and O–H groups in total. The van der Waals surface area contributed by atoms with E-state index in [0.717, 1.165) is 24.3 Å². The van der Waals surface area contributed by atoms with Gasteiger partial charge in [-0.1, -0.05) is 6.42 Å². The highest BCUT2D eigenvalue weighted by Gasteiger charge is 2.20. The van der Waals surface area contributed by atoms with E-state index in [1.165, 1.54) is 44.2 Å². The molecule has 1 fully saturated rings. The van der Waals surface area contributed by atoms with Crippen molar-refractivity contribution in [2.24, 2.45) is 0 Å². The van der Waals surface area contributed by atoms with E-state index in [4.69, 9.17) is 0 Å². The summed E-state index contributed by atoms with van der Waals surface area (Å²) in [5, 5.41) is 3.03. The fourth-order valence-electron chi connectivity index (χ4n) is 4.39. The Morgan fingerprint density at radius 3 is 2.75 bits per heavy atom. The lowest BCUT2D eigenvalue weighted by Crippen LogP contribution is -2.39. The minimum atomic E-state index is -3.51. The van der Waals surface area contributed by atoms with Crippen LogP contribution in [0.15, 0.2) is 23.1 Å². The molecular formula is C23H37N5O3S. The normalized spacial score (nSPS) is 17.8. The zero-order chi connectivity index (χ0) is 23.3. The monoisotopic (exact) mass is 463 g/mol. The van der Waals surface area contributed by atoms with E-state index in [1.807, 2.05) is 11.5 Å². The number of benzene rings is 1. The standard InChI is InChI=1S/C23H37N5O3S/c1-5-28-21-11-10-19(32(30,31)26(3)4)17-20(21)25-22(28)12-13-23(29)24-14-8-16-27-15-7-6-9-18(27)2/h10-11,17-18H,5-9,12-16H2,1-4H3,(H,24,29). The number of imidazole rings is 1. The molecule has 2 aromatic rings. The first-order chi connectivity index (χ1) is 15.2. The minimum Gasteiger partial charge on any atom is -0.356 e. The Bertz CT molecular complexity index is 1030. The molecule has 1 saturated heterocycles. The molecule has 32 heavy (non-hydrogen) atoms. The molecule has 3 rings (SSSR count). The number of nitrogens with one attached hydrogen (secondary N) is 1. The summed E-state index contributed by atoms with van der Waals surface area (Å²) in [4.78, 5) is 19.8. The number of nitrogens with zero attached hydrogens (tertiary/aromatic N) is 4. The average molecular weight is 464 g/mol. The van der Waals surface area contributed by atoms with Gasteiger partial charge in [0.25, 0.3) is 0 Å². The lowest BCUT2D eigenvalue weighted by molar-refractivity contribution is -0.121. The van der Waals surface area contributed by atoms with E-state index in [2.05, 4.69) is 22.1 Å². The first kappa shape index (κ1) is 24.7. The van der Waals surface area contributed by atoms with E-state index >= 15 is 0 Å². The zero-order valence-electron chi connectivity index (χ0n) is 19.8. The lowest BCUT2D eigenvalue weighted by Gasteiger charge is -2.33. The van der Waals surface area contributed by atoms with Crippen LogP contribution in [0.2, 0.25) is 0 Å². The van der Waals surface area contributed by atoms with Crippen LogP contribution in [0, 0.1) is 0 Å². The van der Waals surface area contributed by atoms with Crippen molar-refractivity contribution in [1.82, 2.24) is 24.1 Å². The summed E-state index contributed by atoms with van der Waals surface area (Å²) in [5.74, 6) is 0.835. The summed E-state index contributed by atoms with van der Waals surface area (Å²) in [6, 6.07) is 5.68. The highest BCUT2D eigenvalue weighted by Crippen LogP contribution is 2.23. The average Bonchev–Trinajstić information content (AvgIpc) is 3.13. The molecule has 8 nitrogen and oxygen atoms in total. The molecule has 2 heterocycles. The maximum Gasteiger partial charge on any atom is 0.242 e. The third-order valence-electron chi connectivity index (χ3n) is 6.35. The van der Waals surface area contributed by atoms with Crippen LogP contribution in [0.5, 0.6) is 0 Å². The molecule has 0 radical (unpaired) electrons. The van der Waals surface area contributed by atoms with Gasteiger partial charge in [0.05, 0.1) is 15.9 Å². The van der Waals surface area contributed by atoms with Crippen LogP contribution >= 0.6 is 0 Å². The molecule has 1 atom stereocenters. The second kappa shape index (κ2) is 10.8. The van der Waals surface area contributed by atoms with Crippen LogP contribution in [-0.2, 0) is 27.8 Å². The number of hydrogen-bond acceptors (Lipinski definition) is 5. The minimum absolute atomic E-state index is 0.0299. The Morgan fingerprint density at radius 2 is 2.06 bits per heavy atom. The summed E-state index contributed by atoms with van der Waals surface area (Å²) in [6.07, 6.45) is 5.72. The summed E-state index contributed by atoms with van der Waals surface area (Å²) in [5.41, 5.74) is 1.53. The Hall–Kier alpha value is -1.97. The number of likely N-dealkylation sites (tertiary alicyclic amines) is 1. The molecule has 0 spiro atoms. The molecule has 1 aromatic heterocycles. The molecule has 178 valence electrons. The lowest BCUT2D eigenvalue weighted by atomic mass is 10.0. The molecule has 9 heteroatoms. The molecule has 1 aliphatic rings. The van der Waals surface area contributed by atoms with E-state index in [-0.39, 0.29) is 10.8 Å². The quantitative estimate of drug-likeness (QED) is 0.547. The highest BCUT2D eigenvalue weighted by atomic mass is 32.2.